The van der Waals surface area contributed by atoms with Crippen LogP contribution < -0.4 is 5.19 Å². The van der Waals surface area contributed by atoms with Crippen LogP contribution in [-0.4, -0.2) is 18.0 Å². The minimum atomic E-state index is -1.47. The Kier molecular flexibility index (Phi) is 11.1. The summed E-state index contributed by atoms with van der Waals surface area (Å²) in [5.74, 6) is 0. The third kappa shape index (κ3) is 8.78. The molecule has 0 aliphatic heterocycles. The van der Waals surface area contributed by atoms with Crippen molar-refractivity contribution in [3.63, 3.8) is 0 Å². The average molecular weight is 753 g/mol. The number of benzene rings is 4. The van der Waals surface area contributed by atoms with Crippen LogP contribution in [0.3, 0.4) is 0 Å². The Balaban J connectivity index is 0.000000195. The van der Waals surface area contributed by atoms with Crippen molar-refractivity contribution in [1.29, 1.82) is 0 Å². The van der Waals surface area contributed by atoms with Gasteiger partial charge in [0.05, 0.1) is 8.07 Å². The van der Waals surface area contributed by atoms with Gasteiger partial charge in [-0.15, -0.1) is 71.3 Å². The summed E-state index contributed by atoms with van der Waals surface area (Å²) in [6, 6.07) is 48.3. The van der Waals surface area contributed by atoms with Crippen LogP contribution in [0.5, 0.6) is 0 Å². The second-order valence-electron chi connectivity index (χ2n) is 11.5. The predicted octanol–water partition coefficient (Wildman–Crippen LogP) is 9.21. The van der Waals surface area contributed by atoms with Gasteiger partial charge in [-0.1, -0.05) is 99.4 Å². The SMILES string of the molecule is Cc1c[c-]c(-c2cc(-c3ccccc3)c([Si](C)(C)C)cn2)cc1.[Ir].[c-]1ccccc1-c1cc(Cc2ccccc2)ccn1. The summed E-state index contributed by atoms with van der Waals surface area (Å²) in [4.78, 5) is 9.15. The van der Waals surface area contributed by atoms with Crippen molar-refractivity contribution in [1.82, 2.24) is 9.97 Å². The van der Waals surface area contributed by atoms with Gasteiger partial charge in [0, 0.05) is 32.5 Å². The van der Waals surface area contributed by atoms with Crippen molar-refractivity contribution in [3.05, 3.63) is 163 Å². The largest absolute Gasteiger partial charge is 0.305 e. The van der Waals surface area contributed by atoms with Gasteiger partial charge in [0.15, 0.2) is 0 Å². The van der Waals surface area contributed by atoms with E-state index >= 15 is 0 Å². The third-order valence-corrected chi connectivity index (χ3v) is 9.12. The normalized spacial score (nSPS) is 10.7. The molecule has 0 amide bonds. The van der Waals surface area contributed by atoms with E-state index in [1.165, 1.54) is 33.0 Å². The van der Waals surface area contributed by atoms with Crippen LogP contribution in [0.15, 0.2) is 134 Å². The summed E-state index contributed by atoms with van der Waals surface area (Å²) in [5.41, 5.74) is 10.4. The molecular formula is C39H36IrN2Si-2. The van der Waals surface area contributed by atoms with Gasteiger partial charge >= 0.3 is 0 Å². The van der Waals surface area contributed by atoms with Crippen LogP contribution in [0.4, 0.5) is 0 Å². The molecule has 6 aromatic rings. The molecule has 4 aromatic carbocycles. The second kappa shape index (κ2) is 15.0. The molecule has 0 bridgehead atoms. The van der Waals surface area contributed by atoms with E-state index in [1.54, 1.807) is 0 Å². The van der Waals surface area contributed by atoms with Crippen molar-refractivity contribution < 1.29 is 20.1 Å². The number of pyridine rings is 2. The van der Waals surface area contributed by atoms with E-state index in [1.807, 2.05) is 42.6 Å². The number of aromatic nitrogens is 2. The predicted molar refractivity (Wildman–Crippen MR) is 179 cm³/mol. The zero-order chi connectivity index (χ0) is 29.4. The number of hydrogen-bond donors (Lipinski definition) is 0. The quantitative estimate of drug-likeness (QED) is 0.125. The van der Waals surface area contributed by atoms with Crippen molar-refractivity contribution in [2.45, 2.75) is 33.0 Å². The molecule has 0 spiro atoms. The standard InChI is InChI=1S/C21H22NSi.C18H14N.Ir/c1-16-10-12-18(13-11-16)20-14-19(17-8-6-5-7-9-17)21(15-22-20)23(2,3)4;1-3-7-15(8-4-1)13-16-11-12-19-18(14-16)17-9-5-2-6-10-17;/h5-12,14-15H,1-4H3;1-9,11-12,14H,13H2;/q2*-1;. The molecule has 43 heavy (non-hydrogen) atoms. The fourth-order valence-corrected chi connectivity index (χ4v) is 6.31. The van der Waals surface area contributed by atoms with Crippen LogP contribution in [0.2, 0.25) is 19.6 Å². The molecule has 1 radical (unpaired) electrons. The molecule has 217 valence electrons. The molecule has 0 saturated carbocycles. The van der Waals surface area contributed by atoms with Gasteiger partial charge in [-0.05, 0) is 51.3 Å². The molecule has 0 aliphatic carbocycles. The molecule has 0 N–H and O–H groups in total. The molecule has 2 heterocycles. The van der Waals surface area contributed by atoms with Gasteiger partial charge in [0.1, 0.15) is 0 Å². The molecular weight excluding hydrogens is 717 g/mol. The van der Waals surface area contributed by atoms with E-state index < -0.39 is 8.07 Å². The van der Waals surface area contributed by atoms with Crippen LogP contribution >= 0.6 is 0 Å². The van der Waals surface area contributed by atoms with E-state index in [-0.39, 0.29) is 20.1 Å². The number of nitrogens with zero attached hydrogens (tertiary/aromatic N) is 2. The average Bonchev–Trinajstić information content (AvgIpc) is 3.02. The Morgan fingerprint density at radius 1 is 0.651 bits per heavy atom. The zero-order valence-corrected chi connectivity index (χ0v) is 28.5. The van der Waals surface area contributed by atoms with E-state index in [4.69, 9.17) is 4.98 Å². The molecule has 0 saturated heterocycles. The van der Waals surface area contributed by atoms with Crippen molar-refractivity contribution in [3.8, 4) is 33.6 Å². The monoisotopic (exact) mass is 753 g/mol. The first-order valence-corrected chi connectivity index (χ1v) is 17.9. The molecule has 0 atom stereocenters. The molecule has 0 aliphatic rings. The van der Waals surface area contributed by atoms with Crippen LogP contribution in [0, 0.1) is 19.1 Å². The van der Waals surface area contributed by atoms with Crippen LogP contribution in [0.1, 0.15) is 16.7 Å². The summed E-state index contributed by atoms with van der Waals surface area (Å²) in [6.07, 6.45) is 4.88. The maximum Gasteiger partial charge on any atom is 0.0803 e. The topological polar surface area (TPSA) is 25.8 Å². The first kappa shape index (κ1) is 32.0. The summed E-state index contributed by atoms with van der Waals surface area (Å²) >= 11 is 0. The Bertz CT molecular complexity index is 1710. The molecule has 2 aromatic heterocycles. The van der Waals surface area contributed by atoms with E-state index in [2.05, 4.69) is 135 Å². The number of rotatable bonds is 6. The van der Waals surface area contributed by atoms with E-state index in [0.717, 1.165) is 28.9 Å². The maximum absolute atomic E-state index is 4.73. The Hall–Kier alpha value is -3.95. The van der Waals surface area contributed by atoms with Gasteiger partial charge in [-0.2, -0.15) is 0 Å². The molecule has 4 heteroatoms. The van der Waals surface area contributed by atoms with E-state index in [0.29, 0.717) is 0 Å². The Labute approximate surface area is 271 Å². The first-order chi connectivity index (χ1) is 20.4. The van der Waals surface area contributed by atoms with Gasteiger partial charge in [0.25, 0.3) is 0 Å². The first-order valence-electron chi connectivity index (χ1n) is 14.4. The Morgan fingerprint density at radius 2 is 1.33 bits per heavy atom. The van der Waals surface area contributed by atoms with Gasteiger partial charge in [-0.25, -0.2) is 0 Å². The smallest absolute Gasteiger partial charge is 0.0803 e. The second-order valence-corrected chi connectivity index (χ2v) is 16.5. The van der Waals surface area contributed by atoms with Crippen molar-refractivity contribution >= 4 is 13.3 Å². The molecule has 0 unspecified atom stereocenters. The minimum Gasteiger partial charge on any atom is -0.305 e. The number of hydrogen-bond acceptors (Lipinski definition) is 2. The summed E-state index contributed by atoms with van der Waals surface area (Å²) in [7, 11) is -1.47. The minimum absolute atomic E-state index is 0. The molecule has 2 nitrogen and oxygen atoms in total. The van der Waals surface area contributed by atoms with Gasteiger partial charge in [-0.3, -0.25) is 0 Å². The molecule has 0 fully saturated rings. The van der Waals surface area contributed by atoms with Crippen molar-refractivity contribution in [2.24, 2.45) is 0 Å². The maximum atomic E-state index is 4.73. The fraction of sp³-hybridized carbons (Fsp3) is 0.128. The van der Waals surface area contributed by atoms with Gasteiger partial charge in [0.2, 0.25) is 0 Å². The summed E-state index contributed by atoms with van der Waals surface area (Å²) in [6.45, 7) is 9.19. The van der Waals surface area contributed by atoms with E-state index in [9.17, 15) is 0 Å². The zero-order valence-electron chi connectivity index (χ0n) is 25.1. The van der Waals surface area contributed by atoms with Crippen molar-refractivity contribution in [2.75, 3.05) is 0 Å². The number of aryl methyl sites for hydroxylation is 1. The van der Waals surface area contributed by atoms with Crippen LogP contribution in [0.25, 0.3) is 33.6 Å². The van der Waals surface area contributed by atoms with Gasteiger partial charge < -0.3 is 9.97 Å². The van der Waals surface area contributed by atoms with Crippen LogP contribution in [-0.2, 0) is 26.5 Å². The third-order valence-electron chi connectivity index (χ3n) is 7.10. The summed E-state index contributed by atoms with van der Waals surface area (Å²) in [5, 5.41) is 1.40. The molecule has 6 rings (SSSR count). The fourth-order valence-electron chi connectivity index (χ4n) is 4.83. The Morgan fingerprint density at radius 3 is 1.98 bits per heavy atom. The summed E-state index contributed by atoms with van der Waals surface area (Å²) < 4.78 is 0.